The van der Waals surface area contributed by atoms with Crippen molar-refractivity contribution in [3.8, 4) is 0 Å². The number of amides is 1. The van der Waals surface area contributed by atoms with Crippen molar-refractivity contribution >= 4 is 16.8 Å². The van der Waals surface area contributed by atoms with Crippen molar-refractivity contribution in [3.05, 3.63) is 35.5 Å². The molecule has 4 rings (SSSR count). The molecule has 1 amide bonds. The molecular formula is C18H22N2O2. The molecule has 3 heterocycles. The molecule has 0 radical (unpaired) electrons. The number of nitrogens with zero attached hydrogens (tertiary/aromatic N) is 2. The molecular weight excluding hydrogens is 276 g/mol. The Morgan fingerprint density at radius 1 is 1.23 bits per heavy atom. The lowest BCUT2D eigenvalue weighted by molar-refractivity contribution is -0.139. The van der Waals surface area contributed by atoms with Crippen molar-refractivity contribution in [2.75, 3.05) is 19.8 Å². The molecule has 1 saturated heterocycles. The van der Waals surface area contributed by atoms with Crippen LogP contribution in [0, 0.1) is 5.92 Å². The number of carbonyl (C=O) groups excluding carboxylic acids is 1. The minimum absolute atomic E-state index is 0.158. The largest absolute Gasteiger partial charge is 0.381 e. The van der Waals surface area contributed by atoms with Gasteiger partial charge in [-0.1, -0.05) is 18.2 Å². The quantitative estimate of drug-likeness (QED) is 0.810. The van der Waals surface area contributed by atoms with Crippen LogP contribution < -0.4 is 0 Å². The van der Waals surface area contributed by atoms with Gasteiger partial charge in [0.25, 0.3) is 0 Å². The fourth-order valence-electron chi connectivity index (χ4n) is 3.92. The van der Waals surface area contributed by atoms with E-state index in [9.17, 15) is 4.79 Å². The van der Waals surface area contributed by atoms with E-state index in [0.29, 0.717) is 5.91 Å². The third-order valence-corrected chi connectivity index (χ3v) is 5.19. The number of aromatic nitrogens is 1. The number of hydrogen-bond acceptors (Lipinski definition) is 2. The van der Waals surface area contributed by atoms with E-state index in [-0.39, 0.29) is 5.92 Å². The number of fused-ring (bicyclic) bond motifs is 3. The Balaban J connectivity index is 1.63. The van der Waals surface area contributed by atoms with Gasteiger partial charge in [0.15, 0.2) is 0 Å². The molecule has 4 heteroatoms. The average molecular weight is 298 g/mol. The molecule has 2 aliphatic rings. The fourth-order valence-corrected chi connectivity index (χ4v) is 3.92. The number of rotatable bonds is 1. The van der Waals surface area contributed by atoms with Gasteiger partial charge >= 0.3 is 0 Å². The lowest BCUT2D eigenvalue weighted by Crippen LogP contribution is -2.41. The SMILES string of the molecule is Cn1c2c(c3ccccc31)CN(C(=O)C1CCOCC1)CC2. The molecule has 0 unspecified atom stereocenters. The Morgan fingerprint density at radius 2 is 2.00 bits per heavy atom. The molecule has 0 aliphatic carbocycles. The van der Waals surface area contributed by atoms with Gasteiger partial charge in [-0.05, 0) is 18.9 Å². The van der Waals surface area contributed by atoms with Crippen molar-refractivity contribution < 1.29 is 9.53 Å². The van der Waals surface area contributed by atoms with E-state index in [4.69, 9.17) is 4.74 Å². The molecule has 1 aromatic carbocycles. The predicted molar refractivity (Wildman–Crippen MR) is 85.6 cm³/mol. The van der Waals surface area contributed by atoms with E-state index in [1.165, 1.54) is 22.2 Å². The summed E-state index contributed by atoms with van der Waals surface area (Å²) in [5.41, 5.74) is 4.00. The molecule has 116 valence electrons. The van der Waals surface area contributed by atoms with Gasteiger partial charge in [0.1, 0.15) is 0 Å². The van der Waals surface area contributed by atoms with Gasteiger partial charge < -0.3 is 14.2 Å². The molecule has 22 heavy (non-hydrogen) atoms. The van der Waals surface area contributed by atoms with E-state index >= 15 is 0 Å². The Labute approximate surface area is 130 Å². The Morgan fingerprint density at radius 3 is 2.82 bits per heavy atom. The van der Waals surface area contributed by atoms with Crippen molar-refractivity contribution in [1.82, 2.24) is 9.47 Å². The van der Waals surface area contributed by atoms with E-state index in [2.05, 4.69) is 40.8 Å². The smallest absolute Gasteiger partial charge is 0.226 e. The topological polar surface area (TPSA) is 34.5 Å². The average Bonchev–Trinajstić information content (AvgIpc) is 2.88. The first-order valence-corrected chi connectivity index (χ1v) is 8.17. The van der Waals surface area contributed by atoms with Crippen LogP contribution in [0.3, 0.4) is 0 Å². The van der Waals surface area contributed by atoms with Crippen LogP contribution in [0.25, 0.3) is 10.9 Å². The Bertz CT molecular complexity index is 713. The predicted octanol–water partition coefficient (Wildman–Crippen LogP) is 2.49. The van der Waals surface area contributed by atoms with Crippen molar-refractivity contribution in [2.45, 2.75) is 25.8 Å². The van der Waals surface area contributed by atoms with Gasteiger partial charge in [0.05, 0.1) is 0 Å². The molecule has 2 aliphatic heterocycles. The summed E-state index contributed by atoms with van der Waals surface area (Å²) in [5, 5.41) is 1.30. The summed E-state index contributed by atoms with van der Waals surface area (Å²) in [6, 6.07) is 8.51. The highest BCUT2D eigenvalue weighted by Gasteiger charge is 2.30. The number of carbonyl (C=O) groups is 1. The van der Waals surface area contributed by atoms with Crippen LogP contribution in [0.15, 0.2) is 24.3 Å². The zero-order valence-corrected chi connectivity index (χ0v) is 13.0. The first-order valence-electron chi connectivity index (χ1n) is 8.17. The highest BCUT2D eigenvalue weighted by Crippen LogP contribution is 2.31. The number of benzene rings is 1. The molecule has 1 aromatic heterocycles. The van der Waals surface area contributed by atoms with Crippen LogP contribution in [-0.2, 0) is 29.5 Å². The van der Waals surface area contributed by atoms with Gasteiger partial charge in [-0.25, -0.2) is 0 Å². The number of ether oxygens (including phenoxy) is 1. The van der Waals surface area contributed by atoms with Gasteiger partial charge in [-0.3, -0.25) is 4.79 Å². The highest BCUT2D eigenvalue weighted by atomic mass is 16.5. The summed E-state index contributed by atoms with van der Waals surface area (Å²) in [6.07, 6.45) is 2.70. The van der Waals surface area contributed by atoms with Crippen molar-refractivity contribution in [3.63, 3.8) is 0 Å². The Kier molecular flexibility index (Phi) is 3.41. The minimum Gasteiger partial charge on any atom is -0.381 e. The summed E-state index contributed by atoms with van der Waals surface area (Å²) < 4.78 is 7.67. The van der Waals surface area contributed by atoms with Crippen molar-refractivity contribution in [1.29, 1.82) is 0 Å². The lowest BCUT2D eigenvalue weighted by Gasteiger charge is -2.32. The maximum absolute atomic E-state index is 12.8. The molecule has 2 aromatic rings. The summed E-state index contributed by atoms with van der Waals surface area (Å²) in [4.78, 5) is 14.8. The summed E-state index contributed by atoms with van der Waals surface area (Å²) in [6.45, 7) is 3.05. The maximum Gasteiger partial charge on any atom is 0.226 e. The number of aryl methyl sites for hydroxylation is 1. The first kappa shape index (κ1) is 13.8. The van der Waals surface area contributed by atoms with Crippen LogP contribution in [0.5, 0.6) is 0 Å². The lowest BCUT2D eigenvalue weighted by atomic mass is 9.96. The van der Waals surface area contributed by atoms with E-state index < -0.39 is 0 Å². The van der Waals surface area contributed by atoms with Crippen LogP contribution in [0.1, 0.15) is 24.1 Å². The second kappa shape index (κ2) is 5.43. The second-order valence-corrected chi connectivity index (χ2v) is 6.40. The second-order valence-electron chi connectivity index (χ2n) is 6.40. The maximum atomic E-state index is 12.8. The van der Waals surface area contributed by atoms with Crippen LogP contribution in [-0.4, -0.2) is 35.1 Å². The summed E-state index contributed by atoms with van der Waals surface area (Å²) >= 11 is 0. The summed E-state index contributed by atoms with van der Waals surface area (Å²) in [5.74, 6) is 0.479. The van der Waals surface area contributed by atoms with Gasteiger partial charge in [0, 0.05) is 67.8 Å². The normalized spacial score (nSPS) is 19.4. The first-order chi connectivity index (χ1) is 10.8. The van der Waals surface area contributed by atoms with E-state index in [1.54, 1.807) is 0 Å². The van der Waals surface area contributed by atoms with E-state index in [0.717, 1.165) is 45.6 Å². The highest BCUT2D eigenvalue weighted by molar-refractivity contribution is 5.87. The molecule has 0 saturated carbocycles. The minimum atomic E-state index is 0.158. The summed E-state index contributed by atoms with van der Waals surface area (Å²) in [7, 11) is 2.14. The van der Waals surface area contributed by atoms with Crippen LogP contribution >= 0.6 is 0 Å². The number of hydrogen-bond donors (Lipinski definition) is 0. The molecule has 4 nitrogen and oxygen atoms in total. The third-order valence-electron chi connectivity index (χ3n) is 5.19. The fraction of sp³-hybridized carbons (Fsp3) is 0.500. The number of para-hydroxylation sites is 1. The van der Waals surface area contributed by atoms with Crippen LogP contribution in [0.2, 0.25) is 0 Å². The zero-order chi connectivity index (χ0) is 15.1. The molecule has 0 bridgehead atoms. The van der Waals surface area contributed by atoms with Gasteiger partial charge in [0.2, 0.25) is 5.91 Å². The molecule has 0 N–H and O–H groups in total. The molecule has 0 atom stereocenters. The molecule has 1 fully saturated rings. The molecule has 0 spiro atoms. The Hall–Kier alpha value is -1.81. The van der Waals surface area contributed by atoms with Gasteiger partial charge in [-0.2, -0.15) is 0 Å². The standard InChI is InChI=1S/C18H22N2O2/c1-19-16-5-3-2-4-14(16)15-12-20(9-6-17(15)19)18(21)13-7-10-22-11-8-13/h2-5,13H,6-12H2,1H3. The van der Waals surface area contributed by atoms with Gasteiger partial charge in [-0.15, -0.1) is 0 Å². The van der Waals surface area contributed by atoms with E-state index in [1.807, 2.05) is 0 Å². The van der Waals surface area contributed by atoms with Crippen LogP contribution in [0.4, 0.5) is 0 Å². The zero-order valence-electron chi connectivity index (χ0n) is 13.0. The third kappa shape index (κ3) is 2.13. The monoisotopic (exact) mass is 298 g/mol. The van der Waals surface area contributed by atoms with Crippen molar-refractivity contribution in [2.24, 2.45) is 13.0 Å².